The molecule has 134 valence electrons. The second-order valence-electron chi connectivity index (χ2n) is 6.38. The van der Waals surface area contributed by atoms with Gasteiger partial charge in [0.15, 0.2) is 0 Å². The lowest BCUT2D eigenvalue weighted by Crippen LogP contribution is -2.36. The first-order valence-corrected chi connectivity index (χ1v) is 8.94. The zero-order chi connectivity index (χ0) is 18.2. The van der Waals surface area contributed by atoms with E-state index in [0.29, 0.717) is 6.54 Å². The summed E-state index contributed by atoms with van der Waals surface area (Å²) < 4.78 is 0. The Morgan fingerprint density at radius 1 is 0.577 bits per heavy atom. The highest BCUT2D eigenvalue weighted by Crippen LogP contribution is 2.32. The molecule has 3 aromatic carbocycles. The van der Waals surface area contributed by atoms with Gasteiger partial charge < -0.3 is 10.2 Å². The summed E-state index contributed by atoms with van der Waals surface area (Å²) in [6.45, 7) is 0.613. The standard InChI is InChI=1S/C23H25NO2/c25-17-22(20-12-6-2-7-13-20)24(16-19-10-4-1-5-11-19)23(18-26)21-14-8-3-9-15-21/h1-15,22-23,25-26H,16-18H2/t22-,23-/m0/s1. The minimum atomic E-state index is -0.200. The van der Waals surface area contributed by atoms with Crippen LogP contribution in [0.2, 0.25) is 0 Å². The second kappa shape index (κ2) is 9.30. The summed E-state index contributed by atoms with van der Waals surface area (Å²) in [5.74, 6) is 0. The van der Waals surface area contributed by atoms with Crippen LogP contribution in [0.15, 0.2) is 91.0 Å². The molecule has 0 aliphatic carbocycles. The average Bonchev–Trinajstić information content (AvgIpc) is 2.71. The summed E-state index contributed by atoms with van der Waals surface area (Å²) in [4.78, 5) is 2.18. The van der Waals surface area contributed by atoms with Crippen LogP contribution >= 0.6 is 0 Å². The number of nitrogens with zero attached hydrogens (tertiary/aromatic N) is 1. The number of aliphatic hydroxyl groups is 2. The van der Waals surface area contributed by atoms with Gasteiger partial charge in [-0.2, -0.15) is 0 Å². The van der Waals surface area contributed by atoms with Gasteiger partial charge in [0.2, 0.25) is 0 Å². The molecular weight excluding hydrogens is 322 g/mol. The van der Waals surface area contributed by atoms with E-state index in [-0.39, 0.29) is 25.3 Å². The van der Waals surface area contributed by atoms with Crippen LogP contribution in [0.5, 0.6) is 0 Å². The van der Waals surface area contributed by atoms with Crippen molar-refractivity contribution in [3.05, 3.63) is 108 Å². The molecule has 0 aliphatic rings. The minimum absolute atomic E-state index is 0.0137. The van der Waals surface area contributed by atoms with Gasteiger partial charge in [-0.1, -0.05) is 91.0 Å². The SMILES string of the molecule is OC[C@@H](c1ccccc1)N(Cc1ccccc1)[C@@H](CO)c1ccccc1. The maximum atomic E-state index is 10.2. The molecule has 0 aliphatic heterocycles. The monoisotopic (exact) mass is 347 g/mol. The van der Waals surface area contributed by atoms with E-state index in [0.717, 1.165) is 16.7 Å². The Balaban J connectivity index is 2.00. The molecule has 26 heavy (non-hydrogen) atoms. The fraction of sp³-hybridized carbons (Fsp3) is 0.217. The number of aliphatic hydroxyl groups excluding tert-OH is 2. The quantitative estimate of drug-likeness (QED) is 0.648. The Kier molecular flexibility index (Phi) is 6.56. The van der Waals surface area contributed by atoms with Crippen LogP contribution in [-0.4, -0.2) is 28.3 Å². The van der Waals surface area contributed by atoms with Crippen molar-refractivity contribution in [3.63, 3.8) is 0 Å². The first-order valence-electron chi connectivity index (χ1n) is 8.94. The molecule has 0 aromatic heterocycles. The fourth-order valence-electron chi connectivity index (χ4n) is 3.39. The first kappa shape index (κ1) is 18.3. The Morgan fingerprint density at radius 2 is 0.962 bits per heavy atom. The van der Waals surface area contributed by atoms with Gasteiger partial charge in [-0.3, -0.25) is 4.90 Å². The van der Waals surface area contributed by atoms with E-state index in [1.807, 2.05) is 78.9 Å². The largest absolute Gasteiger partial charge is 0.394 e. The second-order valence-corrected chi connectivity index (χ2v) is 6.38. The van der Waals surface area contributed by atoms with Gasteiger partial charge in [-0.15, -0.1) is 0 Å². The van der Waals surface area contributed by atoms with Crippen molar-refractivity contribution in [2.75, 3.05) is 13.2 Å². The van der Waals surface area contributed by atoms with Crippen LogP contribution in [0.1, 0.15) is 28.8 Å². The highest BCUT2D eigenvalue weighted by Gasteiger charge is 2.28. The van der Waals surface area contributed by atoms with Crippen LogP contribution in [0.25, 0.3) is 0 Å². The molecule has 2 atom stereocenters. The Bertz CT molecular complexity index is 714. The van der Waals surface area contributed by atoms with E-state index in [1.54, 1.807) is 0 Å². The molecule has 0 fully saturated rings. The van der Waals surface area contributed by atoms with Crippen LogP contribution in [0.3, 0.4) is 0 Å². The van der Waals surface area contributed by atoms with Gasteiger partial charge in [0.1, 0.15) is 0 Å². The Labute approximate surface area is 155 Å². The molecule has 2 N–H and O–H groups in total. The number of hydrogen-bond acceptors (Lipinski definition) is 3. The van der Waals surface area contributed by atoms with Crippen molar-refractivity contribution in [3.8, 4) is 0 Å². The molecule has 0 saturated carbocycles. The molecule has 0 unspecified atom stereocenters. The summed E-state index contributed by atoms with van der Waals surface area (Å²) in [5.41, 5.74) is 3.23. The van der Waals surface area contributed by atoms with E-state index in [1.165, 1.54) is 0 Å². The molecule has 0 spiro atoms. The van der Waals surface area contributed by atoms with Crippen molar-refractivity contribution in [1.82, 2.24) is 4.90 Å². The molecular formula is C23H25NO2. The van der Waals surface area contributed by atoms with Crippen LogP contribution in [-0.2, 0) is 6.54 Å². The Hall–Kier alpha value is -2.46. The lowest BCUT2D eigenvalue weighted by Gasteiger charge is -2.37. The van der Waals surface area contributed by atoms with Gasteiger partial charge >= 0.3 is 0 Å². The minimum Gasteiger partial charge on any atom is -0.394 e. The topological polar surface area (TPSA) is 43.7 Å². The maximum Gasteiger partial charge on any atom is 0.0628 e. The normalized spacial score (nSPS) is 13.5. The predicted molar refractivity (Wildman–Crippen MR) is 105 cm³/mol. The highest BCUT2D eigenvalue weighted by molar-refractivity contribution is 5.24. The van der Waals surface area contributed by atoms with Crippen LogP contribution in [0.4, 0.5) is 0 Å². The number of hydrogen-bond donors (Lipinski definition) is 2. The third kappa shape index (κ3) is 4.38. The molecule has 3 rings (SSSR count). The smallest absolute Gasteiger partial charge is 0.0628 e. The van der Waals surface area contributed by atoms with E-state index in [2.05, 4.69) is 17.0 Å². The maximum absolute atomic E-state index is 10.2. The molecule has 3 heteroatoms. The van der Waals surface area contributed by atoms with Gasteiger partial charge in [0.05, 0.1) is 25.3 Å². The summed E-state index contributed by atoms with van der Waals surface area (Å²) in [6, 6.07) is 29.7. The predicted octanol–water partition coefficient (Wildman–Crippen LogP) is 3.96. The van der Waals surface area contributed by atoms with E-state index >= 15 is 0 Å². The summed E-state index contributed by atoms with van der Waals surface area (Å²) in [7, 11) is 0. The van der Waals surface area contributed by atoms with Gasteiger partial charge in [-0.05, 0) is 16.7 Å². The van der Waals surface area contributed by atoms with Gasteiger partial charge in [-0.25, -0.2) is 0 Å². The fourth-order valence-corrected chi connectivity index (χ4v) is 3.39. The molecule has 0 heterocycles. The van der Waals surface area contributed by atoms with Crippen LogP contribution < -0.4 is 0 Å². The van der Waals surface area contributed by atoms with E-state index in [4.69, 9.17) is 0 Å². The molecule has 3 nitrogen and oxygen atoms in total. The molecule has 0 amide bonds. The molecule has 3 aromatic rings. The molecule has 0 bridgehead atoms. The van der Waals surface area contributed by atoms with Gasteiger partial charge in [0, 0.05) is 6.54 Å². The third-order valence-electron chi connectivity index (χ3n) is 4.72. The first-order chi connectivity index (χ1) is 12.8. The van der Waals surface area contributed by atoms with E-state index in [9.17, 15) is 10.2 Å². The number of rotatable bonds is 8. The Morgan fingerprint density at radius 3 is 1.35 bits per heavy atom. The van der Waals surface area contributed by atoms with Crippen molar-refractivity contribution >= 4 is 0 Å². The zero-order valence-electron chi connectivity index (χ0n) is 14.8. The summed E-state index contributed by atoms with van der Waals surface area (Å²) in [6.07, 6.45) is 0. The highest BCUT2D eigenvalue weighted by atomic mass is 16.3. The van der Waals surface area contributed by atoms with E-state index < -0.39 is 0 Å². The lowest BCUT2D eigenvalue weighted by atomic mass is 9.98. The zero-order valence-corrected chi connectivity index (χ0v) is 14.8. The van der Waals surface area contributed by atoms with Crippen LogP contribution in [0, 0.1) is 0 Å². The third-order valence-corrected chi connectivity index (χ3v) is 4.72. The summed E-state index contributed by atoms with van der Waals surface area (Å²) in [5, 5.41) is 20.4. The van der Waals surface area contributed by atoms with Crippen molar-refractivity contribution < 1.29 is 10.2 Å². The van der Waals surface area contributed by atoms with Crippen molar-refractivity contribution in [1.29, 1.82) is 0 Å². The average molecular weight is 347 g/mol. The summed E-state index contributed by atoms with van der Waals surface area (Å²) >= 11 is 0. The van der Waals surface area contributed by atoms with Crippen molar-refractivity contribution in [2.24, 2.45) is 0 Å². The van der Waals surface area contributed by atoms with Gasteiger partial charge in [0.25, 0.3) is 0 Å². The lowest BCUT2D eigenvalue weighted by molar-refractivity contribution is 0.0437. The molecule has 0 saturated heterocycles. The number of benzene rings is 3. The molecule has 0 radical (unpaired) electrons. The van der Waals surface area contributed by atoms with Crippen molar-refractivity contribution in [2.45, 2.75) is 18.6 Å².